The molecule has 1 heterocycles. The maximum atomic E-state index is 13.9. The van der Waals surface area contributed by atoms with Gasteiger partial charge in [0.25, 0.3) is 0 Å². The van der Waals surface area contributed by atoms with E-state index in [9.17, 15) is 4.39 Å². The van der Waals surface area contributed by atoms with Crippen molar-refractivity contribution in [2.24, 2.45) is 5.92 Å². The minimum absolute atomic E-state index is 0.0144. The summed E-state index contributed by atoms with van der Waals surface area (Å²) in [5.41, 5.74) is 0.432. The van der Waals surface area contributed by atoms with Crippen LogP contribution in [0.3, 0.4) is 0 Å². The van der Waals surface area contributed by atoms with Crippen LogP contribution in [0.25, 0.3) is 0 Å². The number of hydrogen-bond donors (Lipinski definition) is 1. The van der Waals surface area contributed by atoms with Gasteiger partial charge in [-0.15, -0.1) is 11.6 Å². The zero-order valence-electron chi connectivity index (χ0n) is 11.2. The number of aromatic nitrogens is 2. The Morgan fingerprint density at radius 1 is 1.28 bits per heavy atom. The number of rotatable bonds is 7. The summed E-state index contributed by atoms with van der Waals surface area (Å²) in [5.74, 6) is 0.321. The predicted octanol–water partition coefficient (Wildman–Crippen LogP) is 3.63. The van der Waals surface area contributed by atoms with Crippen molar-refractivity contribution >= 4 is 17.4 Å². The summed E-state index contributed by atoms with van der Waals surface area (Å²) >= 11 is 6.29. The van der Waals surface area contributed by atoms with Crippen molar-refractivity contribution in [3.8, 4) is 0 Å². The molecule has 0 saturated heterocycles. The van der Waals surface area contributed by atoms with E-state index in [1.165, 1.54) is 6.33 Å². The van der Waals surface area contributed by atoms with Gasteiger partial charge in [-0.2, -0.15) is 0 Å². The predicted molar refractivity (Wildman–Crippen MR) is 73.6 cm³/mol. The van der Waals surface area contributed by atoms with Crippen LogP contribution in [0.5, 0.6) is 0 Å². The molecule has 1 aromatic rings. The highest BCUT2D eigenvalue weighted by atomic mass is 35.5. The van der Waals surface area contributed by atoms with Gasteiger partial charge in [0.15, 0.2) is 11.6 Å². The molecule has 0 aromatic carbocycles. The SMILES string of the molecule is CCc1ncnc(NCC(Cl)C(CC)CC)c1F. The molecule has 0 aliphatic heterocycles. The summed E-state index contributed by atoms with van der Waals surface area (Å²) in [6, 6.07) is 0. The van der Waals surface area contributed by atoms with E-state index in [1.54, 1.807) is 0 Å². The normalized spacial score (nSPS) is 12.8. The Kier molecular flexibility index (Phi) is 6.33. The van der Waals surface area contributed by atoms with Gasteiger partial charge in [0.2, 0.25) is 0 Å². The highest BCUT2D eigenvalue weighted by Gasteiger charge is 2.17. The van der Waals surface area contributed by atoms with E-state index in [2.05, 4.69) is 29.1 Å². The lowest BCUT2D eigenvalue weighted by Gasteiger charge is -2.20. The number of nitrogens with one attached hydrogen (secondary N) is 1. The number of halogens is 2. The van der Waals surface area contributed by atoms with Crippen LogP contribution in [-0.4, -0.2) is 21.9 Å². The first-order chi connectivity index (χ1) is 8.63. The van der Waals surface area contributed by atoms with Crippen LogP contribution >= 0.6 is 11.6 Å². The topological polar surface area (TPSA) is 37.8 Å². The van der Waals surface area contributed by atoms with Crippen molar-refractivity contribution < 1.29 is 4.39 Å². The number of aryl methyl sites for hydroxylation is 1. The molecule has 0 radical (unpaired) electrons. The Morgan fingerprint density at radius 2 is 1.94 bits per heavy atom. The quantitative estimate of drug-likeness (QED) is 0.771. The molecule has 0 saturated carbocycles. The zero-order chi connectivity index (χ0) is 13.5. The van der Waals surface area contributed by atoms with E-state index < -0.39 is 0 Å². The lowest BCUT2D eigenvalue weighted by molar-refractivity contribution is 0.474. The number of alkyl halides is 1. The van der Waals surface area contributed by atoms with Crippen molar-refractivity contribution in [3.05, 3.63) is 17.8 Å². The van der Waals surface area contributed by atoms with Gasteiger partial charge in [-0.25, -0.2) is 14.4 Å². The molecule has 0 fully saturated rings. The van der Waals surface area contributed by atoms with Crippen molar-refractivity contribution in [2.45, 2.75) is 45.4 Å². The molecule has 1 aromatic heterocycles. The van der Waals surface area contributed by atoms with Crippen LogP contribution in [0, 0.1) is 11.7 Å². The molecule has 0 spiro atoms. The van der Waals surface area contributed by atoms with Gasteiger partial charge in [-0.1, -0.05) is 33.6 Å². The minimum atomic E-state index is -0.367. The smallest absolute Gasteiger partial charge is 0.186 e. The monoisotopic (exact) mass is 273 g/mol. The maximum Gasteiger partial charge on any atom is 0.186 e. The lowest BCUT2D eigenvalue weighted by atomic mass is 9.99. The summed E-state index contributed by atoms with van der Waals surface area (Å²) in [5, 5.41) is 2.96. The van der Waals surface area contributed by atoms with E-state index in [1.807, 2.05) is 6.92 Å². The molecule has 0 aliphatic carbocycles. The van der Waals surface area contributed by atoms with E-state index in [0.29, 0.717) is 24.6 Å². The molecule has 18 heavy (non-hydrogen) atoms. The van der Waals surface area contributed by atoms with Gasteiger partial charge in [-0.05, 0) is 12.3 Å². The molecule has 1 atom stereocenters. The molecule has 0 aliphatic rings. The molecule has 1 unspecified atom stereocenters. The molecule has 1 rings (SSSR count). The Morgan fingerprint density at radius 3 is 2.50 bits per heavy atom. The van der Waals surface area contributed by atoms with Gasteiger partial charge >= 0.3 is 0 Å². The van der Waals surface area contributed by atoms with Crippen LogP contribution in [0.1, 0.15) is 39.3 Å². The third-order valence-electron chi connectivity index (χ3n) is 3.22. The van der Waals surface area contributed by atoms with E-state index in [4.69, 9.17) is 11.6 Å². The first-order valence-corrected chi connectivity index (χ1v) is 6.94. The molecule has 102 valence electrons. The van der Waals surface area contributed by atoms with Crippen molar-refractivity contribution in [2.75, 3.05) is 11.9 Å². The fourth-order valence-corrected chi connectivity index (χ4v) is 2.37. The van der Waals surface area contributed by atoms with E-state index in [0.717, 1.165) is 12.8 Å². The Labute approximate surface area is 113 Å². The standard InChI is InChI=1S/C13H21ClFN3/c1-4-9(5-2)10(14)7-16-13-12(15)11(6-3)17-8-18-13/h8-10H,4-7H2,1-3H3,(H,16,17,18). The molecule has 0 amide bonds. The molecule has 5 heteroatoms. The van der Waals surface area contributed by atoms with E-state index in [-0.39, 0.29) is 17.0 Å². The first-order valence-electron chi connectivity index (χ1n) is 6.51. The highest BCUT2D eigenvalue weighted by Crippen LogP contribution is 2.20. The van der Waals surface area contributed by atoms with Crippen molar-refractivity contribution in [1.82, 2.24) is 9.97 Å². The third kappa shape index (κ3) is 3.80. The molecular weight excluding hydrogens is 253 g/mol. The van der Waals surface area contributed by atoms with Gasteiger partial charge in [0.05, 0.1) is 11.1 Å². The average molecular weight is 274 g/mol. The van der Waals surface area contributed by atoms with Crippen LogP contribution in [-0.2, 0) is 6.42 Å². The summed E-state index contributed by atoms with van der Waals surface area (Å²) < 4.78 is 13.9. The Balaban J connectivity index is 2.63. The summed E-state index contributed by atoms with van der Waals surface area (Å²) in [7, 11) is 0. The van der Waals surface area contributed by atoms with E-state index >= 15 is 0 Å². The van der Waals surface area contributed by atoms with Crippen LogP contribution in [0.4, 0.5) is 10.2 Å². The molecule has 1 N–H and O–H groups in total. The summed E-state index contributed by atoms with van der Waals surface area (Å²) in [6.45, 7) is 6.61. The maximum absolute atomic E-state index is 13.9. The number of anilines is 1. The highest BCUT2D eigenvalue weighted by molar-refractivity contribution is 6.21. The van der Waals surface area contributed by atoms with Crippen molar-refractivity contribution in [3.63, 3.8) is 0 Å². The van der Waals surface area contributed by atoms with Gasteiger partial charge in [-0.3, -0.25) is 0 Å². The fourth-order valence-electron chi connectivity index (χ4n) is 1.94. The minimum Gasteiger partial charge on any atom is -0.366 e. The second kappa shape index (κ2) is 7.52. The third-order valence-corrected chi connectivity index (χ3v) is 3.73. The number of hydrogen-bond acceptors (Lipinski definition) is 3. The van der Waals surface area contributed by atoms with Gasteiger partial charge < -0.3 is 5.32 Å². The zero-order valence-corrected chi connectivity index (χ0v) is 12.0. The van der Waals surface area contributed by atoms with Gasteiger partial charge in [0.1, 0.15) is 6.33 Å². The fraction of sp³-hybridized carbons (Fsp3) is 0.692. The van der Waals surface area contributed by atoms with Crippen LogP contribution < -0.4 is 5.32 Å². The summed E-state index contributed by atoms with van der Waals surface area (Å²) in [6.07, 6.45) is 3.99. The summed E-state index contributed by atoms with van der Waals surface area (Å²) in [4.78, 5) is 7.81. The first kappa shape index (κ1) is 15.2. The molecular formula is C13H21ClFN3. The molecule has 0 bridgehead atoms. The average Bonchev–Trinajstić information content (AvgIpc) is 2.39. The second-order valence-electron chi connectivity index (χ2n) is 4.31. The van der Waals surface area contributed by atoms with Crippen LogP contribution in [0.2, 0.25) is 0 Å². The Hall–Kier alpha value is -0.900. The number of nitrogens with zero attached hydrogens (tertiary/aromatic N) is 2. The molecule has 3 nitrogen and oxygen atoms in total. The van der Waals surface area contributed by atoms with Gasteiger partial charge in [0, 0.05) is 6.54 Å². The largest absolute Gasteiger partial charge is 0.366 e. The van der Waals surface area contributed by atoms with Crippen LogP contribution in [0.15, 0.2) is 6.33 Å². The van der Waals surface area contributed by atoms with Crippen molar-refractivity contribution in [1.29, 1.82) is 0 Å². The Bertz CT molecular complexity index is 369. The lowest BCUT2D eigenvalue weighted by Crippen LogP contribution is -2.23. The second-order valence-corrected chi connectivity index (χ2v) is 4.87.